The van der Waals surface area contributed by atoms with Gasteiger partial charge in [0, 0.05) is 12.1 Å². The number of nitrogens with one attached hydrogen (secondary N) is 2. The highest BCUT2D eigenvalue weighted by Crippen LogP contribution is 2.22. The first-order valence-electron chi connectivity index (χ1n) is 8.14. The minimum atomic E-state index is -0.124. The summed E-state index contributed by atoms with van der Waals surface area (Å²) >= 11 is 0. The lowest BCUT2D eigenvalue weighted by atomic mass is 10.0. The SMILES string of the molecule is CCc1ccc(-c2[nH]ncc2C(=O)NCc2ccccc2C)cc1. The van der Waals surface area contributed by atoms with E-state index in [9.17, 15) is 4.79 Å². The molecule has 0 aliphatic rings. The molecule has 0 aliphatic carbocycles. The second kappa shape index (κ2) is 7.13. The molecule has 0 spiro atoms. The molecule has 4 nitrogen and oxygen atoms in total. The Balaban J connectivity index is 1.76. The lowest BCUT2D eigenvalue weighted by Crippen LogP contribution is -2.23. The number of aryl methyl sites for hydroxylation is 2. The van der Waals surface area contributed by atoms with Crippen LogP contribution >= 0.6 is 0 Å². The van der Waals surface area contributed by atoms with E-state index in [4.69, 9.17) is 0 Å². The summed E-state index contributed by atoms with van der Waals surface area (Å²) in [6.07, 6.45) is 2.57. The monoisotopic (exact) mass is 319 g/mol. The normalized spacial score (nSPS) is 10.6. The molecule has 1 heterocycles. The van der Waals surface area contributed by atoms with Crippen molar-refractivity contribution in [3.05, 3.63) is 77.0 Å². The third-order valence-electron chi connectivity index (χ3n) is 4.24. The van der Waals surface area contributed by atoms with Gasteiger partial charge < -0.3 is 5.32 Å². The molecule has 2 N–H and O–H groups in total. The van der Waals surface area contributed by atoms with Gasteiger partial charge in [0.15, 0.2) is 0 Å². The number of nitrogens with zero attached hydrogens (tertiary/aromatic N) is 1. The number of rotatable bonds is 5. The highest BCUT2D eigenvalue weighted by Gasteiger charge is 2.15. The Morgan fingerprint density at radius 3 is 2.58 bits per heavy atom. The number of aromatic nitrogens is 2. The molecule has 0 saturated carbocycles. The number of amides is 1. The van der Waals surface area contributed by atoms with Gasteiger partial charge in [0.2, 0.25) is 0 Å². The Hall–Kier alpha value is -2.88. The van der Waals surface area contributed by atoms with E-state index < -0.39 is 0 Å². The van der Waals surface area contributed by atoms with Crippen LogP contribution in [0.5, 0.6) is 0 Å². The Morgan fingerprint density at radius 2 is 1.88 bits per heavy atom. The molecular weight excluding hydrogens is 298 g/mol. The fraction of sp³-hybridized carbons (Fsp3) is 0.200. The zero-order valence-corrected chi connectivity index (χ0v) is 14.0. The molecule has 1 aromatic heterocycles. The average Bonchev–Trinajstić information content (AvgIpc) is 3.10. The van der Waals surface area contributed by atoms with E-state index in [1.807, 2.05) is 43.3 Å². The summed E-state index contributed by atoms with van der Waals surface area (Å²) in [5.41, 5.74) is 5.82. The smallest absolute Gasteiger partial charge is 0.255 e. The molecule has 3 aromatic rings. The standard InChI is InChI=1S/C20H21N3O/c1-3-15-8-10-16(11-9-15)19-18(13-22-23-19)20(24)21-12-17-7-5-4-6-14(17)2/h4-11,13H,3,12H2,1-2H3,(H,21,24)(H,22,23). The maximum Gasteiger partial charge on any atom is 0.255 e. The van der Waals surface area contributed by atoms with E-state index in [2.05, 4.69) is 34.6 Å². The molecule has 122 valence electrons. The van der Waals surface area contributed by atoms with Crippen molar-refractivity contribution >= 4 is 5.91 Å². The van der Waals surface area contributed by atoms with Crippen LogP contribution < -0.4 is 5.32 Å². The van der Waals surface area contributed by atoms with Gasteiger partial charge in [0.05, 0.1) is 17.5 Å². The fourth-order valence-electron chi connectivity index (χ4n) is 2.66. The number of hydrogen-bond acceptors (Lipinski definition) is 2. The Morgan fingerprint density at radius 1 is 1.12 bits per heavy atom. The quantitative estimate of drug-likeness (QED) is 0.750. The highest BCUT2D eigenvalue weighted by atomic mass is 16.1. The second-order valence-corrected chi connectivity index (χ2v) is 5.82. The minimum Gasteiger partial charge on any atom is -0.348 e. The second-order valence-electron chi connectivity index (χ2n) is 5.82. The summed E-state index contributed by atoms with van der Waals surface area (Å²) in [4.78, 5) is 12.5. The molecule has 0 bridgehead atoms. The average molecular weight is 319 g/mol. The van der Waals surface area contributed by atoms with Gasteiger partial charge in [-0.3, -0.25) is 9.89 Å². The van der Waals surface area contributed by atoms with E-state index >= 15 is 0 Å². The molecule has 3 rings (SSSR count). The van der Waals surface area contributed by atoms with E-state index in [1.165, 1.54) is 11.1 Å². The predicted octanol–water partition coefficient (Wildman–Crippen LogP) is 3.88. The van der Waals surface area contributed by atoms with Gasteiger partial charge in [-0.2, -0.15) is 5.10 Å². The first-order chi connectivity index (χ1) is 11.7. The molecular formula is C20H21N3O. The van der Waals surface area contributed by atoms with Crippen LogP contribution in [0.2, 0.25) is 0 Å². The van der Waals surface area contributed by atoms with Crippen LogP contribution in [0.15, 0.2) is 54.7 Å². The summed E-state index contributed by atoms with van der Waals surface area (Å²) in [7, 11) is 0. The molecule has 0 aliphatic heterocycles. The van der Waals surface area contributed by atoms with Crippen LogP contribution in [0.25, 0.3) is 11.3 Å². The van der Waals surface area contributed by atoms with Gasteiger partial charge in [0.25, 0.3) is 5.91 Å². The van der Waals surface area contributed by atoms with Crippen molar-refractivity contribution < 1.29 is 4.79 Å². The fourth-order valence-corrected chi connectivity index (χ4v) is 2.66. The molecule has 2 aromatic carbocycles. The van der Waals surface area contributed by atoms with Gasteiger partial charge in [-0.15, -0.1) is 0 Å². The van der Waals surface area contributed by atoms with Crippen molar-refractivity contribution in [1.29, 1.82) is 0 Å². The number of aromatic amines is 1. The number of carbonyl (C=O) groups excluding carboxylic acids is 1. The van der Waals surface area contributed by atoms with Gasteiger partial charge in [-0.25, -0.2) is 0 Å². The molecule has 0 unspecified atom stereocenters. The van der Waals surface area contributed by atoms with Gasteiger partial charge >= 0.3 is 0 Å². The first kappa shape index (κ1) is 16.0. The van der Waals surface area contributed by atoms with Crippen LogP contribution in [0.1, 0.15) is 34.0 Å². The zero-order chi connectivity index (χ0) is 16.9. The van der Waals surface area contributed by atoms with Gasteiger partial charge in [-0.1, -0.05) is 55.5 Å². The minimum absolute atomic E-state index is 0.124. The summed E-state index contributed by atoms with van der Waals surface area (Å²) in [6, 6.07) is 16.2. The van der Waals surface area contributed by atoms with Crippen LogP contribution in [-0.2, 0) is 13.0 Å². The largest absolute Gasteiger partial charge is 0.348 e. The van der Waals surface area contributed by atoms with Gasteiger partial charge in [-0.05, 0) is 30.0 Å². The first-order valence-corrected chi connectivity index (χ1v) is 8.14. The molecule has 4 heteroatoms. The lowest BCUT2D eigenvalue weighted by Gasteiger charge is -2.08. The van der Waals surface area contributed by atoms with E-state index in [0.717, 1.165) is 23.2 Å². The van der Waals surface area contributed by atoms with Crippen molar-refractivity contribution in [3.63, 3.8) is 0 Å². The maximum absolute atomic E-state index is 12.5. The Labute approximate surface area is 141 Å². The number of H-pyrrole nitrogens is 1. The van der Waals surface area contributed by atoms with Crippen molar-refractivity contribution in [1.82, 2.24) is 15.5 Å². The van der Waals surface area contributed by atoms with Gasteiger partial charge in [0.1, 0.15) is 0 Å². The molecule has 24 heavy (non-hydrogen) atoms. The number of carbonyl (C=O) groups is 1. The predicted molar refractivity (Wildman–Crippen MR) is 95.8 cm³/mol. The van der Waals surface area contributed by atoms with Crippen molar-refractivity contribution in [2.24, 2.45) is 0 Å². The number of hydrogen-bond donors (Lipinski definition) is 2. The number of benzene rings is 2. The van der Waals surface area contributed by atoms with Crippen LogP contribution in [-0.4, -0.2) is 16.1 Å². The summed E-state index contributed by atoms with van der Waals surface area (Å²) in [6.45, 7) is 4.67. The Bertz CT molecular complexity index is 834. The molecule has 1 amide bonds. The molecule has 0 saturated heterocycles. The van der Waals surface area contributed by atoms with Crippen LogP contribution in [0, 0.1) is 6.92 Å². The third-order valence-corrected chi connectivity index (χ3v) is 4.24. The summed E-state index contributed by atoms with van der Waals surface area (Å²) in [5.74, 6) is -0.124. The van der Waals surface area contributed by atoms with E-state index in [-0.39, 0.29) is 5.91 Å². The van der Waals surface area contributed by atoms with E-state index in [0.29, 0.717) is 12.1 Å². The summed E-state index contributed by atoms with van der Waals surface area (Å²) in [5, 5.41) is 9.96. The highest BCUT2D eigenvalue weighted by molar-refractivity contribution is 5.99. The molecule has 0 atom stereocenters. The maximum atomic E-state index is 12.5. The van der Waals surface area contributed by atoms with Crippen molar-refractivity contribution in [2.45, 2.75) is 26.8 Å². The van der Waals surface area contributed by atoms with Crippen molar-refractivity contribution in [3.8, 4) is 11.3 Å². The third kappa shape index (κ3) is 3.38. The Kier molecular flexibility index (Phi) is 4.75. The molecule has 0 fully saturated rings. The molecule has 0 radical (unpaired) electrons. The van der Waals surface area contributed by atoms with Crippen LogP contribution in [0.3, 0.4) is 0 Å². The van der Waals surface area contributed by atoms with Crippen molar-refractivity contribution in [2.75, 3.05) is 0 Å². The lowest BCUT2D eigenvalue weighted by molar-refractivity contribution is 0.0951. The zero-order valence-electron chi connectivity index (χ0n) is 14.0. The van der Waals surface area contributed by atoms with Crippen LogP contribution in [0.4, 0.5) is 0 Å². The van der Waals surface area contributed by atoms with E-state index in [1.54, 1.807) is 6.20 Å². The topological polar surface area (TPSA) is 57.8 Å². The summed E-state index contributed by atoms with van der Waals surface area (Å²) < 4.78 is 0.